The Balaban J connectivity index is 1.25. The second-order valence-electron chi connectivity index (χ2n) is 7.64. The summed E-state index contributed by atoms with van der Waals surface area (Å²) < 4.78 is 1.98. The number of para-hydroxylation sites is 1. The minimum atomic E-state index is -0.121. The molecular weight excluding hydrogens is 438 g/mol. The molecule has 33 heavy (non-hydrogen) atoms. The largest absolute Gasteiger partial charge is 0.508 e. The fourth-order valence-corrected chi connectivity index (χ4v) is 3.83. The van der Waals surface area contributed by atoms with E-state index < -0.39 is 0 Å². The van der Waals surface area contributed by atoms with Crippen LogP contribution < -0.4 is 10.9 Å². The highest BCUT2D eigenvalue weighted by atomic mass is 32.1. The topological polar surface area (TPSA) is 113 Å². The summed E-state index contributed by atoms with van der Waals surface area (Å²) in [5.74, 6) is 0.482. The van der Waals surface area contributed by atoms with Crippen LogP contribution in [0.5, 0.6) is 5.75 Å². The number of nitrogens with one attached hydrogen (secondary N) is 2. The summed E-state index contributed by atoms with van der Waals surface area (Å²) >= 11 is 5.33. The molecule has 0 unspecified atom stereocenters. The van der Waals surface area contributed by atoms with Crippen molar-refractivity contribution in [2.45, 2.75) is 32.2 Å². The van der Waals surface area contributed by atoms with Crippen LogP contribution >= 0.6 is 12.2 Å². The van der Waals surface area contributed by atoms with Crippen LogP contribution in [-0.4, -0.2) is 30.5 Å². The van der Waals surface area contributed by atoms with Gasteiger partial charge in [0.05, 0.1) is 29.0 Å². The number of aromatic amines is 1. The van der Waals surface area contributed by atoms with E-state index in [4.69, 9.17) is 12.2 Å². The lowest BCUT2D eigenvalue weighted by molar-refractivity contribution is -0.116. The van der Waals surface area contributed by atoms with Crippen LogP contribution in [0.15, 0.2) is 65.7 Å². The number of carbonyl (C=O) groups is 1. The summed E-state index contributed by atoms with van der Waals surface area (Å²) in [6.45, 7) is 0.505. The van der Waals surface area contributed by atoms with Gasteiger partial charge in [0.2, 0.25) is 5.91 Å². The van der Waals surface area contributed by atoms with Crippen LogP contribution in [0.3, 0.4) is 0 Å². The van der Waals surface area contributed by atoms with E-state index in [9.17, 15) is 14.7 Å². The fourth-order valence-electron chi connectivity index (χ4n) is 3.54. The molecule has 0 aliphatic rings. The lowest BCUT2D eigenvalue weighted by Gasteiger charge is -2.08. The average molecular weight is 462 g/mol. The zero-order valence-electron chi connectivity index (χ0n) is 17.8. The van der Waals surface area contributed by atoms with Crippen molar-refractivity contribution in [2.24, 2.45) is 0 Å². The van der Waals surface area contributed by atoms with Crippen molar-refractivity contribution in [2.75, 3.05) is 5.32 Å². The highest BCUT2D eigenvalue weighted by Gasteiger charge is 2.07. The third-order valence-corrected chi connectivity index (χ3v) is 5.54. The number of amides is 1. The van der Waals surface area contributed by atoms with Crippen molar-refractivity contribution in [1.82, 2.24) is 19.5 Å². The molecule has 2 aromatic carbocycles. The molecule has 3 N–H and O–H groups in total. The molecule has 4 rings (SSSR count). The van der Waals surface area contributed by atoms with Crippen molar-refractivity contribution in [3.05, 3.63) is 76.0 Å². The Morgan fingerprint density at radius 1 is 1.06 bits per heavy atom. The average Bonchev–Trinajstić information content (AvgIpc) is 2.81. The number of hydrogen-bond donors (Lipinski definition) is 3. The molecule has 0 saturated heterocycles. The summed E-state index contributed by atoms with van der Waals surface area (Å²) in [5, 5.41) is 13.0. The molecule has 168 valence electrons. The van der Waals surface area contributed by atoms with Crippen molar-refractivity contribution in [3.63, 3.8) is 0 Å². The molecule has 2 aromatic heterocycles. The van der Waals surface area contributed by atoms with Gasteiger partial charge >= 0.3 is 0 Å². The first kappa shape index (κ1) is 22.3. The maximum Gasteiger partial charge on any atom is 0.262 e. The first-order chi connectivity index (χ1) is 16.0. The normalized spacial score (nSPS) is 10.9. The number of rotatable bonds is 8. The third-order valence-electron chi connectivity index (χ3n) is 5.21. The van der Waals surface area contributed by atoms with Crippen LogP contribution in [0.4, 0.5) is 5.69 Å². The van der Waals surface area contributed by atoms with E-state index in [0.717, 1.165) is 18.4 Å². The molecule has 2 heterocycles. The van der Waals surface area contributed by atoms with Crippen LogP contribution in [0.1, 0.15) is 25.7 Å². The monoisotopic (exact) mass is 461 g/mol. The molecule has 1 amide bonds. The maximum absolute atomic E-state index is 12.6. The zero-order chi connectivity index (χ0) is 23.2. The molecule has 9 heteroatoms. The summed E-state index contributed by atoms with van der Waals surface area (Å²) in [6.07, 6.45) is 5.65. The van der Waals surface area contributed by atoms with Gasteiger partial charge in [-0.15, -0.1) is 0 Å². The van der Waals surface area contributed by atoms with Gasteiger partial charge in [0.1, 0.15) is 5.75 Å². The Hall–Kier alpha value is -3.85. The van der Waals surface area contributed by atoms with Crippen LogP contribution in [0, 0.1) is 4.77 Å². The van der Waals surface area contributed by atoms with Crippen molar-refractivity contribution in [1.29, 1.82) is 0 Å². The second-order valence-corrected chi connectivity index (χ2v) is 8.02. The van der Waals surface area contributed by atoms with Crippen LogP contribution in [-0.2, 0) is 11.3 Å². The van der Waals surface area contributed by atoms with E-state index in [-0.39, 0.29) is 17.2 Å². The van der Waals surface area contributed by atoms with Gasteiger partial charge in [-0.05, 0) is 49.3 Å². The third kappa shape index (κ3) is 5.50. The number of aromatic nitrogens is 4. The Kier molecular flexibility index (Phi) is 6.89. The van der Waals surface area contributed by atoms with Crippen LogP contribution in [0.25, 0.3) is 22.3 Å². The van der Waals surface area contributed by atoms with Gasteiger partial charge in [0.25, 0.3) is 5.56 Å². The van der Waals surface area contributed by atoms with E-state index in [1.54, 1.807) is 34.9 Å². The molecular formula is C24H23N5O3S. The molecule has 0 radical (unpaired) electrons. The Morgan fingerprint density at radius 3 is 2.64 bits per heavy atom. The van der Waals surface area contributed by atoms with Gasteiger partial charge < -0.3 is 15.4 Å². The lowest BCUT2D eigenvalue weighted by atomic mass is 10.2. The first-order valence-electron chi connectivity index (χ1n) is 10.6. The zero-order valence-corrected chi connectivity index (χ0v) is 18.6. The summed E-state index contributed by atoms with van der Waals surface area (Å²) in [7, 11) is 0. The Morgan fingerprint density at radius 2 is 1.85 bits per heavy atom. The summed E-state index contributed by atoms with van der Waals surface area (Å²) in [5.41, 5.74) is 1.84. The number of phenolic OH excluding ortho intramolecular Hbond substituents is 1. The summed E-state index contributed by atoms with van der Waals surface area (Å²) in [6, 6.07) is 14.0. The number of H-pyrrole nitrogens is 1. The van der Waals surface area contributed by atoms with E-state index >= 15 is 0 Å². The molecule has 0 aliphatic heterocycles. The van der Waals surface area contributed by atoms with Gasteiger partial charge in [0.15, 0.2) is 10.6 Å². The number of phenols is 1. The smallest absolute Gasteiger partial charge is 0.262 e. The minimum Gasteiger partial charge on any atom is -0.508 e. The van der Waals surface area contributed by atoms with E-state index in [0.29, 0.717) is 46.6 Å². The number of unbranched alkanes of at least 4 members (excludes halogenated alkanes) is 2. The standard InChI is InChI=1S/C24H23N5O3S/c30-18-8-6-7-16(13-18)22-25-14-17(15-26-22)27-21(31)11-2-1-5-12-29-23(32)19-9-3-4-10-20(19)28-24(29)33/h3-4,6-10,13-15,30H,1-2,5,11-12H2,(H,27,31)(H,28,33). The Labute approximate surface area is 195 Å². The van der Waals surface area contributed by atoms with Gasteiger partial charge in [-0.3, -0.25) is 14.2 Å². The van der Waals surface area contributed by atoms with Gasteiger partial charge in [-0.2, -0.15) is 0 Å². The second kappa shape index (κ2) is 10.2. The molecule has 0 atom stereocenters. The molecule has 0 saturated carbocycles. The number of nitrogens with zero attached hydrogens (tertiary/aromatic N) is 3. The quantitative estimate of drug-likeness (QED) is 0.264. The minimum absolute atomic E-state index is 0.0961. The molecule has 0 aliphatic carbocycles. The number of hydrogen-bond acceptors (Lipinski definition) is 6. The number of carbonyl (C=O) groups excluding carboxylic acids is 1. The molecule has 0 bridgehead atoms. The first-order valence-corrected chi connectivity index (χ1v) is 11.1. The number of aromatic hydroxyl groups is 1. The number of anilines is 1. The van der Waals surface area contributed by atoms with E-state index in [2.05, 4.69) is 20.3 Å². The molecule has 4 aromatic rings. The van der Waals surface area contributed by atoms with Crippen LogP contribution in [0.2, 0.25) is 0 Å². The van der Waals surface area contributed by atoms with E-state index in [1.165, 1.54) is 12.4 Å². The lowest BCUT2D eigenvalue weighted by Crippen LogP contribution is -2.22. The highest BCUT2D eigenvalue weighted by molar-refractivity contribution is 7.71. The van der Waals surface area contributed by atoms with Gasteiger partial charge in [-0.25, -0.2) is 9.97 Å². The van der Waals surface area contributed by atoms with Crippen molar-refractivity contribution < 1.29 is 9.90 Å². The van der Waals surface area contributed by atoms with Gasteiger partial charge in [0, 0.05) is 18.5 Å². The molecule has 0 spiro atoms. The predicted molar refractivity (Wildman–Crippen MR) is 130 cm³/mol. The predicted octanol–water partition coefficient (Wildman–Crippen LogP) is 4.42. The summed E-state index contributed by atoms with van der Waals surface area (Å²) in [4.78, 5) is 36.4. The molecule has 8 nitrogen and oxygen atoms in total. The molecule has 0 fully saturated rings. The number of benzene rings is 2. The Bertz CT molecular complexity index is 1400. The van der Waals surface area contributed by atoms with Gasteiger partial charge in [-0.1, -0.05) is 30.7 Å². The maximum atomic E-state index is 12.6. The fraction of sp³-hybridized carbons (Fsp3) is 0.208. The van der Waals surface area contributed by atoms with Crippen molar-refractivity contribution >= 4 is 34.7 Å². The SMILES string of the molecule is O=C(CCCCCn1c(=S)[nH]c2ccccc2c1=O)Nc1cnc(-c2cccc(O)c2)nc1. The number of fused-ring (bicyclic) bond motifs is 1. The van der Waals surface area contributed by atoms with Crippen molar-refractivity contribution in [3.8, 4) is 17.1 Å². The highest BCUT2D eigenvalue weighted by Crippen LogP contribution is 2.20. The van der Waals surface area contributed by atoms with E-state index in [1.807, 2.05) is 18.2 Å².